The highest BCUT2D eigenvalue weighted by molar-refractivity contribution is 7.89. The summed E-state index contributed by atoms with van der Waals surface area (Å²) < 4.78 is 38.7. The number of halogens is 2. The standard InChI is InChI=1S/C11H10ClFN4O3S/c1-6-10(11(18)15-21(2,19)20)14-16-17(6)9-4-3-7(12)5-8(9)13/h3-5H,1-2H3,(H,15,18). The Kier molecular flexibility index (Phi) is 3.97. The van der Waals surface area contributed by atoms with Gasteiger partial charge in [-0.25, -0.2) is 22.2 Å². The van der Waals surface area contributed by atoms with Gasteiger partial charge < -0.3 is 0 Å². The van der Waals surface area contributed by atoms with Crippen molar-refractivity contribution in [3.63, 3.8) is 0 Å². The van der Waals surface area contributed by atoms with Crippen LogP contribution >= 0.6 is 11.6 Å². The van der Waals surface area contributed by atoms with Gasteiger partial charge in [0.25, 0.3) is 5.91 Å². The van der Waals surface area contributed by atoms with Gasteiger partial charge in [0, 0.05) is 5.02 Å². The van der Waals surface area contributed by atoms with Crippen molar-refractivity contribution in [3.05, 3.63) is 40.4 Å². The van der Waals surface area contributed by atoms with Crippen LogP contribution in [0, 0.1) is 12.7 Å². The van der Waals surface area contributed by atoms with Crippen molar-refractivity contribution in [1.82, 2.24) is 19.7 Å². The highest BCUT2D eigenvalue weighted by atomic mass is 35.5. The second kappa shape index (κ2) is 5.41. The Hall–Kier alpha value is -2.00. The maximum atomic E-state index is 13.8. The van der Waals surface area contributed by atoms with E-state index >= 15 is 0 Å². The fraction of sp³-hybridized carbons (Fsp3) is 0.182. The van der Waals surface area contributed by atoms with Crippen LogP contribution < -0.4 is 4.72 Å². The van der Waals surface area contributed by atoms with Crippen LogP contribution in [0.5, 0.6) is 0 Å². The molecular formula is C11H10ClFN4O3S. The highest BCUT2D eigenvalue weighted by Gasteiger charge is 2.21. The molecule has 0 spiro atoms. The molecule has 0 aliphatic carbocycles. The van der Waals surface area contributed by atoms with Crippen LogP contribution in [0.4, 0.5) is 4.39 Å². The molecule has 0 aliphatic rings. The third-order valence-electron chi connectivity index (χ3n) is 2.53. The zero-order valence-corrected chi connectivity index (χ0v) is 12.5. The molecule has 1 N–H and O–H groups in total. The summed E-state index contributed by atoms with van der Waals surface area (Å²) in [7, 11) is -3.73. The lowest BCUT2D eigenvalue weighted by Crippen LogP contribution is -2.30. The number of sulfonamides is 1. The first kappa shape index (κ1) is 15.4. The number of hydrogen-bond acceptors (Lipinski definition) is 5. The van der Waals surface area contributed by atoms with Gasteiger partial charge in [-0.15, -0.1) is 5.10 Å². The van der Waals surface area contributed by atoms with E-state index in [2.05, 4.69) is 10.3 Å². The van der Waals surface area contributed by atoms with Crippen molar-refractivity contribution in [3.8, 4) is 5.69 Å². The summed E-state index contributed by atoms with van der Waals surface area (Å²) in [5.74, 6) is -1.58. The number of carbonyl (C=O) groups is 1. The molecular weight excluding hydrogens is 323 g/mol. The molecule has 1 heterocycles. The first-order chi connectivity index (χ1) is 9.69. The maximum absolute atomic E-state index is 13.8. The number of nitrogens with zero attached hydrogens (tertiary/aromatic N) is 3. The van der Waals surface area contributed by atoms with Crippen molar-refractivity contribution in [2.75, 3.05) is 6.26 Å². The van der Waals surface area contributed by atoms with E-state index < -0.39 is 21.7 Å². The van der Waals surface area contributed by atoms with E-state index in [0.717, 1.165) is 17.0 Å². The van der Waals surface area contributed by atoms with Gasteiger partial charge in [0.1, 0.15) is 11.5 Å². The molecule has 0 fully saturated rings. The first-order valence-corrected chi connectivity index (χ1v) is 7.86. The summed E-state index contributed by atoms with van der Waals surface area (Å²) in [5.41, 5.74) is 0.0231. The molecule has 7 nitrogen and oxygen atoms in total. The monoisotopic (exact) mass is 332 g/mol. The Morgan fingerprint density at radius 3 is 2.67 bits per heavy atom. The van der Waals surface area contributed by atoms with E-state index in [1.165, 1.54) is 19.1 Å². The van der Waals surface area contributed by atoms with Gasteiger partial charge in [-0.2, -0.15) is 0 Å². The molecule has 0 saturated carbocycles. The zero-order chi connectivity index (χ0) is 15.8. The molecule has 0 bridgehead atoms. The third kappa shape index (κ3) is 3.37. The quantitative estimate of drug-likeness (QED) is 0.907. The van der Waals surface area contributed by atoms with Gasteiger partial charge in [-0.1, -0.05) is 16.8 Å². The minimum atomic E-state index is -3.73. The number of aromatic nitrogens is 3. The van der Waals surface area contributed by atoms with Crippen LogP contribution in [0.2, 0.25) is 5.02 Å². The molecule has 0 aliphatic heterocycles. The van der Waals surface area contributed by atoms with Crippen molar-refractivity contribution in [2.45, 2.75) is 6.92 Å². The molecule has 0 unspecified atom stereocenters. The first-order valence-electron chi connectivity index (χ1n) is 5.59. The number of nitrogens with one attached hydrogen (secondary N) is 1. The van der Waals surface area contributed by atoms with Gasteiger partial charge in [0.15, 0.2) is 5.69 Å². The molecule has 0 saturated heterocycles. The van der Waals surface area contributed by atoms with E-state index in [9.17, 15) is 17.6 Å². The molecule has 112 valence electrons. The minimum absolute atomic E-state index is 0.0443. The largest absolute Gasteiger partial charge is 0.287 e. The summed E-state index contributed by atoms with van der Waals surface area (Å²) in [4.78, 5) is 11.7. The number of hydrogen-bond donors (Lipinski definition) is 1. The van der Waals surface area contributed by atoms with Crippen LogP contribution in [0.15, 0.2) is 18.2 Å². The van der Waals surface area contributed by atoms with E-state index in [-0.39, 0.29) is 22.1 Å². The van der Waals surface area contributed by atoms with Gasteiger partial charge in [-0.05, 0) is 25.1 Å². The molecule has 0 radical (unpaired) electrons. The molecule has 1 aromatic carbocycles. The van der Waals surface area contributed by atoms with Gasteiger partial charge in [0.05, 0.1) is 11.9 Å². The van der Waals surface area contributed by atoms with Crippen molar-refractivity contribution in [2.24, 2.45) is 0 Å². The molecule has 2 rings (SSSR count). The topological polar surface area (TPSA) is 93.9 Å². The number of rotatable bonds is 3. The molecule has 1 aromatic heterocycles. The Labute approximate surface area is 124 Å². The molecule has 10 heteroatoms. The van der Waals surface area contributed by atoms with Crippen LogP contribution in [0.1, 0.15) is 16.2 Å². The smallest absolute Gasteiger partial charge is 0.266 e. The van der Waals surface area contributed by atoms with Crippen LogP contribution in [-0.4, -0.2) is 35.6 Å². The van der Waals surface area contributed by atoms with Crippen LogP contribution in [0.3, 0.4) is 0 Å². The van der Waals surface area contributed by atoms with Crippen LogP contribution in [0.25, 0.3) is 5.69 Å². The second-order valence-electron chi connectivity index (χ2n) is 4.23. The normalized spacial score (nSPS) is 11.4. The average molecular weight is 333 g/mol. The number of carbonyl (C=O) groups excluding carboxylic acids is 1. The maximum Gasteiger partial charge on any atom is 0.287 e. The predicted octanol–water partition coefficient (Wildman–Crippen LogP) is 1.06. The van der Waals surface area contributed by atoms with E-state index in [1.54, 1.807) is 4.72 Å². The Morgan fingerprint density at radius 1 is 1.43 bits per heavy atom. The van der Waals surface area contributed by atoms with E-state index in [1.807, 2.05) is 0 Å². The Bertz CT molecular complexity index is 819. The summed E-state index contributed by atoms with van der Waals surface area (Å²) in [6, 6.07) is 3.92. The fourth-order valence-corrected chi connectivity index (χ4v) is 2.23. The van der Waals surface area contributed by atoms with Crippen LogP contribution in [-0.2, 0) is 10.0 Å². The lowest BCUT2D eigenvalue weighted by atomic mass is 10.2. The number of amides is 1. The summed E-state index contributed by atoms with van der Waals surface area (Å²) in [6.45, 7) is 1.46. The van der Waals surface area contributed by atoms with Gasteiger partial charge in [-0.3, -0.25) is 4.79 Å². The Balaban J connectivity index is 2.43. The molecule has 0 atom stereocenters. The van der Waals surface area contributed by atoms with Gasteiger partial charge >= 0.3 is 0 Å². The fourth-order valence-electron chi connectivity index (χ4n) is 1.64. The molecule has 2 aromatic rings. The SMILES string of the molecule is Cc1c(C(=O)NS(C)(=O)=O)nnn1-c1ccc(Cl)cc1F. The van der Waals surface area contributed by atoms with Crippen molar-refractivity contribution >= 4 is 27.5 Å². The van der Waals surface area contributed by atoms with Gasteiger partial charge in [0.2, 0.25) is 10.0 Å². The minimum Gasteiger partial charge on any atom is -0.266 e. The summed E-state index contributed by atoms with van der Waals surface area (Å²) in [5, 5.41) is 7.44. The third-order valence-corrected chi connectivity index (χ3v) is 3.32. The summed E-state index contributed by atoms with van der Waals surface area (Å²) in [6.07, 6.45) is 0.837. The van der Waals surface area contributed by atoms with E-state index in [4.69, 9.17) is 11.6 Å². The molecule has 1 amide bonds. The van der Waals surface area contributed by atoms with Crippen molar-refractivity contribution in [1.29, 1.82) is 0 Å². The van der Waals surface area contributed by atoms with Crippen molar-refractivity contribution < 1.29 is 17.6 Å². The average Bonchev–Trinajstić information content (AvgIpc) is 2.69. The number of benzene rings is 1. The summed E-state index contributed by atoms with van der Waals surface area (Å²) >= 11 is 5.66. The van der Waals surface area contributed by atoms with E-state index in [0.29, 0.717) is 0 Å². The Morgan fingerprint density at radius 2 is 2.10 bits per heavy atom. The predicted molar refractivity (Wildman–Crippen MR) is 73.4 cm³/mol. The second-order valence-corrected chi connectivity index (χ2v) is 6.42. The zero-order valence-electron chi connectivity index (χ0n) is 11.0. The lowest BCUT2D eigenvalue weighted by molar-refractivity contribution is 0.0976. The highest BCUT2D eigenvalue weighted by Crippen LogP contribution is 2.19. The molecule has 21 heavy (non-hydrogen) atoms. The lowest BCUT2D eigenvalue weighted by Gasteiger charge is -2.05.